The average Bonchev–Trinajstić information content (AvgIpc) is 3.25. The number of amides is 1. The van der Waals surface area contributed by atoms with Gasteiger partial charge in [-0.1, -0.05) is 6.07 Å². The lowest BCUT2D eigenvalue weighted by atomic mass is 9.53. The van der Waals surface area contributed by atoms with Crippen LogP contribution in [0.1, 0.15) is 25.7 Å². The molecular formula is C27H36N8O3. The number of nitrogen functional groups attached to an aromatic ring is 1. The number of nitrogens with zero attached hydrogens (tertiary/aromatic N) is 6. The van der Waals surface area contributed by atoms with Crippen LogP contribution in [-0.4, -0.2) is 88.6 Å². The third kappa shape index (κ3) is 4.54. The summed E-state index contributed by atoms with van der Waals surface area (Å²) in [6.07, 6.45) is 5.80. The number of likely N-dealkylation sites (tertiary alicyclic amines) is 1. The molecule has 4 fully saturated rings. The van der Waals surface area contributed by atoms with Crippen molar-refractivity contribution in [3.05, 3.63) is 24.5 Å². The molecule has 11 heteroatoms. The van der Waals surface area contributed by atoms with Crippen molar-refractivity contribution in [3.63, 3.8) is 0 Å². The number of hydrogen-bond acceptors (Lipinski definition) is 9. The third-order valence-corrected chi connectivity index (χ3v) is 8.57. The first-order valence-corrected chi connectivity index (χ1v) is 13.4. The highest BCUT2D eigenvalue weighted by atomic mass is 16.6. The van der Waals surface area contributed by atoms with E-state index in [2.05, 4.69) is 39.2 Å². The van der Waals surface area contributed by atoms with Crippen LogP contribution < -0.4 is 15.8 Å². The summed E-state index contributed by atoms with van der Waals surface area (Å²) in [4.78, 5) is 26.0. The van der Waals surface area contributed by atoms with E-state index in [4.69, 9.17) is 20.3 Å². The number of nitrogens with two attached hydrogens (primary N) is 1. The average molecular weight is 521 g/mol. The first kappa shape index (κ1) is 24.9. The number of methoxy groups -OCH3 is 1. The number of rotatable bonds is 8. The van der Waals surface area contributed by atoms with E-state index in [0.29, 0.717) is 58.4 Å². The van der Waals surface area contributed by atoms with Crippen molar-refractivity contribution in [1.82, 2.24) is 29.5 Å². The van der Waals surface area contributed by atoms with Crippen molar-refractivity contribution in [2.75, 3.05) is 51.9 Å². The van der Waals surface area contributed by atoms with Crippen molar-refractivity contribution in [2.24, 2.45) is 11.8 Å². The molecule has 1 aliphatic heterocycles. The van der Waals surface area contributed by atoms with Gasteiger partial charge in [-0.2, -0.15) is 5.10 Å². The van der Waals surface area contributed by atoms with Crippen LogP contribution in [0.2, 0.25) is 0 Å². The molecule has 3 heterocycles. The molecule has 3 saturated carbocycles. The summed E-state index contributed by atoms with van der Waals surface area (Å²) in [6.45, 7) is 3.73. The number of hydrogen-bond donors (Lipinski definition) is 2. The lowest BCUT2D eigenvalue weighted by Crippen LogP contribution is -2.57. The molecule has 2 bridgehead atoms. The van der Waals surface area contributed by atoms with E-state index >= 15 is 0 Å². The fraction of sp³-hybridized carbons (Fsp3) is 0.556. The maximum absolute atomic E-state index is 12.4. The Hall–Kier alpha value is -3.44. The zero-order valence-electron chi connectivity index (χ0n) is 22.3. The molecule has 0 atom stereocenters. The van der Waals surface area contributed by atoms with Gasteiger partial charge in [0.25, 0.3) is 0 Å². The molecule has 1 amide bonds. The molecule has 0 unspecified atom stereocenters. The Kier molecular flexibility index (Phi) is 6.56. The predicted octanol–water partition coefficient (Wildman–Crippen LogP) is 3.07. The van der Waals surface area contributed by atoms with Gasteiger partial charge in [0.2, 0.25) is 0 Å². The molecule has 11 nitrogen and oxygen atoms in total. The zero-order chi connectivity index (χ0) is 26.4. The van der Waals surface area contributed by atoms with Crippen molar-refractivity contribution in [2.45, 2.75) is 44.4 Å². The van der Waals surface area contributed by atoms with Gasteiger partial charge in [0.15, 0.2) is 5.65 Å². The van der Waals surface area contributed by atoms with Gasteiger partial charge >= 0.3 is 6.09 Å². The Balaban J connectivity index is 1.20. The number of carbonyl (C=O) groups excluding carboxylic acids is 1. The molecule has 3 aliphatic carbocycles. The Bertz CT molecular complexity index is 1320. The normalized spacial score (nSPS) is 23.2. The van der Waals surface area contributed by atoms with Crippen molar-refractivity contribution < 1.29 is 14.3 Å². The Morgan fingerprint density at radius 3 is 2.58 bits per heavy atom. The highest BCUT2D eigenvalue weighted by molar-refractivity contribution is 5.99. The standard InChI is InChI=1S/C27H36N8O3/c1-33(2)19-6-8-34(9-7-19)10-11-35-26-22(25(28)29-15-30-26)23(32-35)16-4-5-20(21(14-16)37-3)31-27(36)38-24-17-12-18(24)13-17/h4-5,14-15,17-19,24H,6-13H2,1-3H3,(H,31,36)(H2,28,29,30). The van der Waals surface area contributed by atoms with E-state index in [9.17, 15) is 4.79 Å². The van der Waals surface area contributed by atoms with E-state index in [1.807, 2.05) is 16.8 Å². The molecule has 38 heavy (non-hydrogen) atoms. The van der Waals surface area contributed by atoms with Gasteiger partial charge in [-0.15, -0.1) is 0 Å². The molecule has 0 radical (unpaired) electrons. The first-order chi connectivity index (χ1) is 18.4. The van der Waals surface area contributed by atoms with Gasteiger partial charge in [0, 0.05) is 18.2 Å². The second kappa shape index (κ2) is 10.0. The molecule has 3 aromatic rings. The summed E-state index contributed by atoms with van der Waals surface area (Å²) >= 11 is 0. The van der Waals surface area contributed by atoms with Crippen molar-refractivity contribution >= 4 is 28.6 Å². The molecule has 3 N–H and O–H groups in total. The van der Waals surface area contributed by atoms with Gasteiger partial charge in [0.1, 0.15) is 29.7 Å². The number of anilines is 2. The smallest absolute Gasteiger partial charge is 0.412 e. The second-order valence-corrected chi connectivity index (χ2v) is 11.0. The fourth-order valence-corrected chi connectivity index (χ4v) is 5.92. The molecule has 1 saturated heterocycles. The highest BCUT2D eigenvalue weighted by Crippen LogP contribution is 2.55. The number of ether oxygens (including phenoxy) is 2. The third-order valence-electron chi connectivity index (χ3n) is 8.57. The van der Waals surface area contributed by atoms with Crippen molar-refractivity contribution in [1.29, 1.82) is 0 Å². The molecule has 0 spiro atoms. The lowest BCUT2D eigenvalue weighted by Gasteiger charge is -2.56. The predicted molar refractivity (Wildman–Crippen MR) is 145 cm³/mol. The van der Waals surface area contributed by atoms with Crippen LogP contribution in [0.5, 0.6) is 5.75 Å². The summed E-state index contributed by atoms with van der Waals surface area (Å²) in [5.41, 5.74) is 9.05. The number of nitrogens with one attached hydrogen (secondary N) is 1. The van der Waals surface area contributed by atoms with Crippen LogP contribution in [0.3, 0.4) is 0 Å². The van der Waals surface area contributed by atoms with Gasteiger partial charge in [0.05, 0.1) is 24.7 Å². The zero-order valence-corrected chi connectivity index (χ0v) is 22.3. The topological polar surface area (TPSA) is 124 Å². The maximum atomic E-state index is 12.4. The quantitative estimate of drug-likeness (QED) is 0.461. The van der Waals surface area contributed by atoms with E-state index in [1.165, 1.54) is 32.0 Å². The molecule has 2 aromatic heterocycles. The van der Waals surface area contributed by atoms with E-state index in [1.54, 1.807) is 13.2 Å². The number of benzene rings is 1. The van der Waals surface area contributed by atoms with E-state index in [0.717, 1.165) is 25.2 Å². The van der Waals surface area contributed by atoms with Crippen LogP contribution >= 0.6 is 0 Å². The van der Waals surface area contributed by atoms with Crippen LogP contribution in [0.25, 0.3) is 22.3 Å². The van der Waals surface area contributed by atoms with Gasteiger partial charge < -0.3 is 25.0 Å². The van der Waals surface area contributed by atoms with Gasteiger partial charge in [-0.3, -0.25) is 5.32 Å². The number of carbonyl (C=O) groups is 1. The summed E-state index contributed by atoms with van der Waals surface area (Å²) in [5, 5.41) is 8.46. The van der Waals surface area contributed by atoms with Gasteiger partial charge in [-0.25, -0.2) is 19.4 Å². The van der Waals surface area contributed by atoms with Crippen LogP contribution in [-0.2, 0) is 11.3 Å². The molecule has 4 aliphatic rings. The highest BCUT2D eigenvalue weighted by Gasteiger charge is 2.55. The SMILES string of the molecule is COc1cc(-c2nn(CCN3CCC(N(C)C)CC3)c3ncnc(N)c23)ccc1NC(=O)OC1C2CC1C2. The summed E-state index contributed by atoms with van der Waals surface area (Å²) in [7, 11) is 5.88. The van der Waals surface area contributed by atoms with Crippen LogP contribution in [0, 0.1) is 11.8 Å². The minimum Gasteiger partial charge on any atom is -0.495 e. The number of piperidine rings is 1. The molecule has 1 aromatic carbocycles. The Morgan fingerprint density at radius 2 is 1.92 bits per heavy atom. The minimum absolute atomic E-state index is 0.0675. The second-order valence-electron chi connectivity index (χ2n) is 11.0. The summed E-state index contributed by atoms with van der Waals surface area (Å²) in [6, 6.07) is 6.19. The monoisotopic (exact) mass is 520 g/mol. The summed E-state index contributed by atoms with van der Waals surface area (Å²) < 4.78 is 13.1. The molecule has 202 valence electrons. The number of aromatic nitrogens is 4. The minimum atomic E-state index is -0.447. The van der Waals surface area contributed by atoms with E-state index in [-0.39, 0.29) is 6.10 Å². The lowest BCUT2D eigenvalue weighted by molar-refractivity contribution is -0.149. The van der Waals surface area contributed by atoms with Crippen molar-refractivity contribution in [3.8, 4) is 17.0 Å². The largest absolute Gasteiger partial charge is 0.495 e. The first-order valence-electron chi connectivity index (χ1n) is 13.4. The maximum Gasteiger partial charge on any atom is 0.412 e. The summed E-state index contributed by atoms with van der Waals surface area (Å²) in [5.74, 6) is 1.97. The Labute approximate surface area is 222 Å². The molecular weight excluding hydrogens is 484 g/mol. The van der Waals surface area contributed by atoms with Crippen LogP contribution in [0.4, 0.5) is 16.3 Å². The van der Waals surface area contributed by atoms with E-state index < -0.39 is 6.09 Å². The van der Waals surface area contributed by atoms with Gasteiger partial charge in [-0.05, 0) is 76.8 Å². The fourth-order valence-electron chi connectivity index (χ4n) is 5.92. The van der Waals surface area contributed by atoms with Crippen LogP contribution in [0.15, 0.2) is 24.5 Å². The Morgan fingerprint density at radius 1 is 1.16 bits per heavy atom. The molecule has 7 rings (SSSR count). The number of fused-ring (bicyclic) bond motifs is 1.